The van der Waals surface area contributed by atoms with Gasteiger partial charge in [0, 0.05) is 22.8 Å². The van der Waals surface area contributed by atoms with Gasteiger partial charge in [-0.25, -0.2) is 0 Å². The van der Waals surface area contributed by atoms with E-state index in [9.17, 15) is 10.1 Å². The lowest BCUT2D eigenvalue weighted by atomic mass is 9.72. The van der Waals surface area contributed by atoms with Crippen LogP contribution in [-0.2, 0) is 17.6 Å². The summed E-state index contributed by atoms with van der Waals surface area (Å²) in [6, 6.07) is 5.86. The van der Waals surface area contributed by atoms with Gasteiger partial charge >= 0.3 is 0 Å². The first-order valence-corrected chi connectivity index (χ1v) is 11.9. The van der Waals surface area contributed by atoms with Crippen LogP contribution < -0.4 is 5.32 Å². The fourth-order valence-corrected chi connectivity index (χ4v) is 5.56. The molecule has 0 spiro atoms. The van der Waals surface area contributed by atoms with Gasteiger partial charge in [0.05, 0.1) is 11.3 Å². The average molecular weight is 454 g/mol. The quantitative estimate of drug-likeness (QED) is 0.545. The molecule has 7 nitrogen and oxygen atoms in total. The first-order chi connectivity index (χ1) is 14.8. The number of pyridine rings is 1. The van der Waals surface area contributed by atoms with E-state index in [0.717, 1.165) is 30.4 Å². The topological polar surface area (TPSA) is 105 Å². The third-order valence-electron chi connectivity index (χ3n) is 5.52. The molecule has 1 aliphatic carbocycles. The predicted octanol–water partition coefficient (Wildman–Crippen LogP) is 4.95. The van der Waals surface area contributed by atoms with Crippen LogP contribution in [0.5, 0.6) is 0 Å². The van der Waals surface area contributed by atoms with E-state index in [1.807, 2.05) is 0 Å². The molecule has 1 aliphatic rings. The largest absolute Gasteiger partial charge is 0.411 e. The number of fused-ring (bicyclic) bond motifs is 1. The summed E-state index contributed by atoms with van der Waals surface area (Å²) in [6.07, 6.45) is 6.22. The standard InChI is InChI=1S/C22H23N5O2S2/c1-22(2,3)14-4-5-15-16(11-23)20(31-17(15)10-14)25-18(28)12-30-21-27-26-19(29-21)13-6-8-24-9-7-13/h6-9,14H,4-5,10,12H2,1-3H3,(H,25,28)/t14-/m1/s1. The molecule has 0 aliphatic heterocycles. The lowest BCUT2D eigenvalue weighted by Gasteiger charge is -2.33. The molecule has 0 unspecified atom stereocenters. The summed E-state index contributed by atoms with van der Waals surface area (Å²) >= 11 is 2.71. The molecule has 0 radical (unpaired) electrons. The molecule has 4 rings (SSSR count). The van der Waals surface area contributed by atoms with E-state index in [1.54, 1.807) is 24.5 Å². The number of anilines is 1. The highest BCUT2D eigenvalue weighted by molar-refractivity contribution is 7.99. The Morgan fingerprint density at radius 3 is 2.84 bits per heavy atom. The number of thioether (sulfide) groups is 1. The van der Waals surface area contributed by atoms with Crippen molar-refractivity contribution in [2.75, 3.05) is 11.1 Å². The van der Waals surface area contributed by atoms with Gasteiger partial charge < -0.3 is 9.73 Å². The van der Waals surface area contributed by atoms with Crippen LogP contribution in [0.4, 0.5) is 5.00 Å². The molecule has 0 saturated heterocycles. The van der Waals surface area contributed by atoms with Crippen molar-refractivity contribution in [2.24, 2.45) is 11.3 Å². The van der Waals surface area contributed by atoms with E-state index >= 15 is 0 Å². The van der Waals surface area contributed by atoms with Crippen molar-refractivity contribution in [2.45, 2.75) is 45.3 Å². The van der Waals surface area contributed by atoms with Crippen LogP contribution in [0.1, 0.15) is 43.2 Å². The van der Waals surface area contributed by atoms with E-state index in [1.165, 1.54) is 28.0 Å². The summed E-state index contributed by atoms with van der Waals surface area (Å²) < 4.78 is 5.61. The fraction of sp³-hybridized carbons (Fsp3) is 0.409. The van der Waals surface area contributed by atoms with Crippen LogP contribution in [-0.4, -0.2) is 26.8 Å². The molecule has 1 atom stereocenters. The Balaban J connectivity index is 1.40. The van der Waals surface area contributed by atoms with E-state index in [0.29, 0.717) is 27.6 Å². The van der Waals surface area contributed by atoms with Gasteiger partial charge in [0.1, 0.15) is 11.1 Å². The number of hydrogen-bond donors (Lipinski definition) is 1. The number of thiophene rings is 1. The van der Waals surface area contributed by atoms with Crippen molar-refractivity contribution in [3.05, 3.63) is 40.5 Å². The Morgan fingerprint density at radius 2 is 2.13 bits per heavy atom. The number of aromatic nitrogens is 3. The van der Waals surface area contributed by atoms with Gasteiger partial charge in [0.25, 0.3) is 5.22 Å². The molecule has 0 bridgehead atoms. The Labute approximate surface area is 189 Å². The lowest BCUT2D eigenvalue weighted by Crippen LogP contribution is -2.26. The first-order valence-electron chi connectivity index (χ1n) is 10.1. The van der Waals surface area contributed by atoms with E-state index in [-0.39, 0.29) is 17.1 Å². The molecule has 3 aromatic rings. The Hall–Kier alpha value is -2.70. The molecule has 31 heavy (non-hydrogen) atoms. The first kappa shape index (κ1) is 21.5. The van der Waals surface area contributed by atoms with Gasteiger partial charge in [-0.15, -0.1) is 21.5 Å². The summed E-state index contributed by atoms with van der Waals surface area (Å²) in [4.78, 5) is 17.7. The van der Waals surface area contributed by atoms with Crippen molar-refractivity contribution in [3.63, 3.8) is 0 Å². The molecule has 9 heteroatoms. The molecule has 0 fully saturated rings. The number of carbonyl (C=O) groups is 1. The van der Waals surface area contributed by atoms with Gasteiger partial charge in [0.2, 0.25) is 11.8 Å². The monoisotopic (exact) mass is 453 g/mol. The third kappa shape index (κ3) is 4.81. The maximum atomic E-state index is 12.5. The van der Waals surface area contributed by atoms with E-state index in [2.05, 4.69) is 47.3 Å². The van der Waals surface area contributed by atoms with Crippen LogP contribution in [0.25, 0.3) is 11.5 Å². The van der Waals surface area contributed by atoms with Crippen molar-refractivity contribution >= 4 is 34.0 Å². The van der Waals surface area contributed by atoms with E-state index in [4.69, 9.17) is 4.42 Å². The highest BCUT2D eigenvalue weighted by atomic mass is 32.2. The maximum Gasteiger partial charge on any atom is 0.277 e. The molecule has 1 amide bonds. The molecule has 3 heterocycles. The molecule has 0 aromatic carbocycles. The number of amides is 1. The van der Waals surface area contributed by atoms with Crippen molar-refractivity contribution < 1.29 is 9.21 Å². The zero-order chi connectivity index (χ0) is 22.0. The summed E-state index contributed by atoms with van der Waals surface area (Å²) in [5, 5.41) is 21.6. The van der Waals surface area contributed by atoms with Crippen LogP contribution >= 0.6 is 23.1 Å². The highest BCUT2D eigenvalue weighted by Crippen LogP contribution is 2.44. The van der Waals surface area contributed by atoms with Gasteiger partial charge in [-0.05, 0) is 48.3 Å². The summed E-state index contributed by atoms with van der Waals surface area (Å²) in [6.45, 7) is 6.79. The number of rotatable bonds is 5. The second kappa shape index (κ2) is 8.81. The highest BCUT2D eigenvalue weighted by Gasteiger charge is 2.32. The normalized spacial score (nSPS) is 15.9. The summed E-state index contributed by atoms with van der Waals surface area (Å²) in [5.74, 6) is 0.889. The molecule has 0 saturated carbocycles. The minimum atomic E-state index is -0.198. The summed E-state index contributed by atoms with van der Waals surface area (Å²) in [5.41, 5.74) is 2.72. The Bertz CT molecular complexity index is 1130. The lowest BCUT2D eigenvalue weighted by molar-refractivity contribution is -0.113. The van der Waals surface area contributed by atoms with Crippen LogP contribution in [0.2, 0.25) is 0 Å². The maximum absolute atomic E-state index is 12.5. The smallest absolute Gasteiger partial charge is 0.277 e. The fourth-order valence-electron chi connectivity index (χ4n) is 3.70. The Kier molecular flexibility index (Phi) is 6.12. The van der Waals surface area contributed by atoms with Crippen molar-refractivity contribution in [1.82, 2.24) is 15.2 Å². The summed E-state index contributed by atoms with van der Waals surface area (Å²) in [7, 11) is 0. The SMILES string of the molecule is CC(C)(C)[C@@H]1CCc2c(sc(NC(=O)CSc3nnc(-c4ccncc4)o3)c2C#N)C1. The third-order valence-corrected chi connectivity index (χ3v) is 7.50. The molecular formula is C22H23N5O2S2. The number of carbonyl (C=O) groups excluding carboxylic acids is 1. The zero-order valence-corrected chi connectivity index (χ0v) is 19.3. The second-order valence-electron chi connectivity index (χ2n) is 8.57. The second-order valence-corrected chi connectivity index (χ2v) is 10.6. The minimum absolute atomic E-state index is 0.121. The van der Waals surface area contributed by atoms with Gasteiger partial charge in [-0.2, -0.15) is 5.26 Å². The predicted molar refractivity (Wildman–Crippen MR) is 121 cm³/mol. The Morgan fingerprint density at radius 1 is 1.35 bits per heavy atom. The number of nitrogens with one attached hydrogen (secondary N) is 1. The van der Waals surface area contributed by atoms with E-state index < -0.39 is 0 Å². The van der Waals surface area contributed by atoms with Crippen molar-refractivity contribution in [1.29, 1.82) is 5.26 Å². The molecule has 1 N–H and O–H groups in total. The number of nitrogens with zero attached hydrogens (tertiary/aromatic N) is 4. The average Bonchev–Trinajstić information content (AvgIpc) is 3.36. The molecular weight excluding hydrogens is 430 g/mol. The van der Waals surface area contributed by atoms with Crippen LogP contribution in [0.15, 0.2) is 34.2 Å². The zero-order valence-electron chi connectivity index (χ0n) is 17.6. The van der Waals surface area contributed by atoms with Gasteiger partial charge in [-0.1, -0.05) is 32.5 Å². The van der Waals surface area contributed by atoms with Gasteiger partial charge in [-0.3, -0.25) is 9.78 Å². The molecule has 3 aromatic heterocycles. The van der Waals surface area contributed by atoms with Crippen LogP contribution in [0, 0.1) is 22.7 Å². The molecule has 160 valence electrons. The van der Waals surface area contributed by atoms with Gasteiger partial charge in [0.15, 0.2) is 0 Å². The van der Waals surface area contributed by atoms with Crippen molar-refractivity contribution in [3.8, 4) is 17.5 Å². The van der Waals surface area contributed by atoms with Crippen LogP contribution in [0.3, 0.4) is 0 Å². The number of nitriles is 1. The number of hydrogen-bond acceptors (Lipinski definition) is 8. The minimum Gasteiger partial charge on any atom is -0.411 e.